The van der Waals surface area contributed by atoms with Crippen LogP contribution in [0.15, 0.2) is 18.2 Å². The maximum atomic E-state index is 12.2. The summed E-state index contributed by atoms with van der Waals surface area (Å²) in [7, 11) is 0. The predicted octanol–water partition coefficient (Wildman–Crippen LogP) is 3.57. The molecule has 1 aliphatic rings. The number of alkyl halides is 1. The van der Waals surface area contributed by atoms with E-state index in [1.54, 1.807) is 6.07 Å². The number of halogens is 2. The van der Waals surface area contributed by atoms with Crippen LogP contribution in [0, 0.1) is 5.92 Å². The minimum absolute atomic E-state index is 0.0554. The average Bonchev–Trinajstić information content (AvgIpc) is 2.42. The first kappa shape index (κ1) is 14.5. The van der Waals surface area contributed by atoms with E-state index in [0.717, 1.165) is 25.7 Å². The molecule has 1 fully saturated rings. The molecular formula is C14H17Cl2NO2. The fraction of sp³-hybridized carbons (Fsp3) is 0.500. The Kier molecular flexibility index (Phi) is 4.94. The number of phenols is 1. The highest BCUT2D eigenvalue weighted by atomic mass is 35.5. The van der Waals surface area contributed by atoms with E-state index in [9.17, 15) is 9.90 Å². The molecule has 19 heavy (non-hydrogen) atoms. The molecule has 1 saturated carbocycles. The van der Waals surface area contributed by atoms with Crippen molar-refractivity contribution >= 4 is 29.1 Å². The molecule has 1 aliphatic carbocycles. The number of hydrogen-bond acceptors (Lipinski definition) is 2. The lowest BCUT2D eigenvalue weighted by Crippen LogP contribution is -2.42. The predicted molar refractivity (Wildman–Crippen MR) is 77.0 cm³/mol. The van der Waals surface area contributed by atoms with Crippen molar-refractivity contribution < 1.29 is 9.90 Å². The minimum atomic E-state index is -0.290. The molecule has 2 N–H and O–H groups in total. The first-order valence-electron chi connectivity index (χ1n) is 6.47. The van der Waals surface area contributed by atoms with Gasteiger partial charge in [-0.15, -0.1) is 11.6 Å². The van der Waals surface area contributed by atoms with Crippen LogP contribution in [0.3, 0.4) is 0 Å². The molecule has 104 valence electrons. The molecule has 1 aromatic carbocycles. The number of amides is 1. The van der Waals surface area contributed by atoms with E-state index < -0.39 is 0 Å². The van der Waals surface area contributed by atoms with Crippen LogP contribution in [0.2, 0.25) is 5.02 Å². The second-order valence-corrected chi connectivity index (χ2v) is 5.69. The SMILES string of the molecule is O=C(NC1CCCCC1CCl)c1cc(Cl)ccc1O. The fourth-order valence-corrected chi connectivity index (χ4v) is 3.06. The molecule has 2 rings (SSSR count). The van der Waals surface area contributed by atoms with Gasteiger partial charge in [0, 0.05) is 16.9 Å². The Hall–Kier alpha value is -0.930. The van der Waals surface area contributed by atoms with Crippen molar-refractivity contribution in [2.75, 3.05) is 5.88 Å². The third kappa shape index (κ3) is 3.54. The first-order chi connectivity index (χ1) is 9.11. The Morgan fingerprint density at radius 2 is 2.11 bits per heavy atom. The lowest BCUT2D eigenvalue weighted by atomic mass is 9.85. The summed E-state index contributed by atoms with van der Waals surface area (Å²) in [6, 6.07) is 4.54. The van der Waals surface area contributed by atoms with E-state index in [0.29, 0.717) is 16.8 Å². The standard InChI is InChI=1S/C14H17Cl2NO2/c15-8-9-3-1-2-4-12(9)17-14(19)11-7-10(16)5-6-13(11)18/h5-7,9,12,18H,1-4,8H2,(H,17,19). The molecule has 0 aromatic heterocycles. The van der Waals surface area contributed by atoms with Gasteiger partial charge < -0.3 is 10.4 Å². The zero-order valence-corrected chi connectivity index (χ0v) is 12.0. The molecule has 0 radical (unpaired) electrons. The van der Waals surface area contributed by atoms with Crippen LogP contribution in [0.25, 0.3) is 0 Å². The number of rotatable bonds is 3. The second-order valence-electron chi connectivity index (χ2n) is 4.94. The van der Waals surface area contributed by atoms with E-state index in [1.165, 1.54) is 12.1 Å². The van der Waals surface area contributed by atoms with Gasteiger partial charge >= 0.3 is 0 Å². The molecule has 0 saturated heterocycles. The average molecular weight is 302 g/mol. The van der Waals surface area contributed by atoms with Crippen molar-refractivity contribution in [3.8, 4) is 5.75 Å². The zero-order chi connectivity index (χ0) is 13.8. The van der Waals surface area contributed by atoms with Crippen LogP contribution < -0.4 is 5.32 Å². The summed E-state index contributed by atoms with van der Waals surface area (Å²) in [6.07, 6.45) is 4.23. The van der Waals surface area contributed by atoms with Gasteiger partial charge in [0.15, 0.2) is 0 Å². The Balaban J connectivity index is 2.09. The van der Waals surface area contributed by atoms with Gasteiger partial charge in [0.2, 0.25) is 0 Å². The molecule has 1 aromatic rings. The molecule has 3 nitrogen and oxygen atoms in total. The van der Waals surface area contributed by atoms with Gasteiger partial charge in [-0.3, -0.25) is 4.79 Å². The minimum Gasteiger partial charge on any atom is -0.507 e. The third-order valence-corrected chi connectivity index (χ3v) is 4.26. The third-order valence-electron chi connectivity index (χ3n) is 3.63. The largest absolute Gasteiger partial charge is 0.507 e. The summed E-state index contributed by atoms with van der Waals surface area (Å²) >= 11 is 11.8. The highest BCUT2D eigenvalue weighted by molar-refractivity contribution is 6.31. The quantitative estimate of drug-likeness (QED) is 0.839. The Bertz CT molecular complexity index is 465. The van der Waals surface area contributed by atoms with Crippen molar-refractivity contribution in [2.45, 2.75) is 31.7 Å². The van der Waals surface area contributed by atoms with E-state index in [-0.39, 0.29) is 23.3 Å². The van der Waals surface area contributed by atoms with Crippen LogP contribution in [0.4, 0.5) is 0 Å². The topological polar surface area (TPSA) is 49.3 Å². The second kappa shape index (κ2) is 6.49. The zero-order valence-electron chi connectivity index (χ0n) is 10.5. The lowest BCUT2D eigenvalue weighted by Gasteiger charge is -2.30. The molecule has 0 spiro atoms. The van der Waals surface area contributed by atoms with E-state index in [2.05, 4.69) is 5.32 Å². The van der Waals surface area contributed by atoms with Crippen molar-refractivity contribution in [1.29, 1.82) is 0 Å². The number of nitrogens with one attached hydrogen (secondary N) is 1. The summed E-state index contributed by atoms with van der Waals surface area (Å²) in [5, 5.41) is 13.1. The maximum Gasteiger partial charge on any atom is 0.255 e. The van der Waals surface area contributed by atoms with Crippen molar-refractivity contribution in [3.63, 3.8) is 0 Å². The summed E-state index contributed by atoms with van der Waals surface area (Å²) in [6.45, 7) is 0. The number of benzene rings is 1. The van der Waals surface area contributed by atoms with Crippen LogP contribution in [0.5, 0.6) is 5.75 Å². The van der Waals surface area contributed by atoms with Crippen LogP contribution >= 0.6 is 23.2 Å². The van der Waals surface area contributed by atoms with Crippen molar-refractivity contribution in [3.05, 3.63) is 28.8 Å². The van der Waals surface area contributed by atoms with E-state index in [4.69, 9.17) is 23.2 Å². The number of carbonyl (C=O) groups is 1. The monoisotopic (exact) mass is 301 g/mol. The van der Waals surface area contributed by atoms with Gasteiger partial charge in [0.1, 0.15) is 5.75 Å². The molecule has 2 unspecified atom stereocenters. The van der Waals surface area contributed by atoms with Gasteiger partial charge in [0.25, 0.3) is 5.91 Å². The van der Waals surface area contributed by atoms with Crippen LogP contribution in [0.1, 0.15) is 36.0 Å². The normalized spacial score (nSPS) is 23.1. The number of aromatic hydroxyl groups is 1. The Morgan fingerprint density at radius 3 is 2.84 bits per heavy atom. The Labute approximate surface area is 122 Å². The summed E-state index contributed by atoms with van der Waals surface area (Å²) in [5.74, 6) is 0.509. The molecular weight excluding hydrogens is 285 g/mol. The van der Waals surface area contributed by atoms with Crippen LogP contribution in [-0.2, 0) is 0 Å². The molecule has 0 heterocycles. The van der Waals surface area contributed by atoms with Gasteiger partial charge in [-0.25, -0.2) is 0 Å². The highest BCUT2D eigenvalue weighted by Gasteiger charge is 2.26. The number of carbonyl (C=O) groups excluding carboxylic acids is 1. The molecule has 0 bridgehead atoms. The van der Waals surface area contributed by atoms with Gasteiger partial charge in [-0.05, 0) is 37.0 Å². The van der Waals surface area contributed by atoms with E-state index >= 15 is 0 Å². The van der Waals surface area contributed by atoms with E-state index in [1.807, 2.05) is 0 Å². The maximum absolute atomic E-state index is 12.2. The molecule has 0 aliphatic heterocycles. The fourth-order valence-electron chi connectivity index (χ4n) is 2.52. The highest BCUT2D eigenvalue weighted by Crippen LogP contribution is 2.27. The van der Waals surface area contributed by atoms with Crippen molar-refractivity contribution in [2.24, 2.45) is 5.92 Å². The number of phenolic OH excluding ortho intramolecular Hbond substituents is 1. The lowest BCUT2D eigenvalue weighted by molar-refractivity contribution is 0.0908. The smallest absolute Gasteiger partial charge is 0.255 e. The summed E-state index contributed by atoms with van der Waals surface area (Å²) in [5.41, 5.74) is 0.214. The van der Waals surface area contributed by atoms with Crippen molar-refractivity contribution in [1.82, 2.24) is 5.32 Å². The summed E-state index contributed by atoms with van der Waals surface area (Å²) in [4.78, 5) is 12.2. The Morgan fingerprint density at radius 1 is 1.37 bits per heavy atom. The van der Waals surface area contributed by atoms with Gasteiger partial charge in [-0.2, -0.15) is 0 Å². The van der Waals surface area contributed by atoms with Gasteiger partial charge in [-0.1, -0.05) is 24.4 Å². The first-order valence-corrected chi connectivity index (χ1v) is 7.38. The van der Waals surface area contributed by atoms with Gasteiger partial charge in [0.05, 0.1) is 5.56 Å². The molecule has 5 heteroatoms. The number of hydrogen-bond donors (Lipinski definition) is 2. The van der Waals surface area contributed by atoms with Crippen LogP contribution in [-0.4, -0.2) is 22.9 Å². The molecule has 2 atom stereocenters. The molecule has 1 amide bonds. The summed E-state index contributed by atoms with van der Waals surface area (Å²) < 4.78 is 0.